The number of piperidine rings is 1. The van der Waals surface area contributed by atoms with Gasteiger partial charge in [0.2, 0.25) is 0 Å². The lowest BCUT2D eigenvalue weighted by Gasteiger charge is -2.37. The quantitative estimate of drug-likeness (QED) is 0.590. The number of hydrogen-bond acceptors (Lipinski definition) is 5. The third kappa shape index (κ3) is 4.03. The molecular weight excluding hydrogens is 376 g/mol. The first-order chi connectivity index (χ1) is 13.1. The number of likely N-dealkylation sites (tertiary alicyclic amines) is 1. The summed E-state index contributed by atoms with van der Waals surface area (Å²) < 4.78 is 5.26. The van der Waals surface area contributed by atoms with Crippen LogP contribution in [0.5, 0.6) is 0 Å². The van der Waals surface area contributed by atoms with E-state index in [0.717, 1.165) is 24.0 Å². The number of amides is 1. The predicted molar refractivity (Wildman–Crippen MR) is 112 cm³/mol. The van der Waals surface area contributed by atoms with Crippen molar-refractivity contribution in [2.75, 3.05) is 18.4 Å². The summed E-state index contributed by atoms with van der Waals surface area (Å²) in [6.07, 6.45) is 3.97. The molecule has 0 spiro atoms. The Kier molecular flexibility index (Phi) is 5.48. The highest BCUT2D eigenvalue weighted by Gasteiger charge is 2.29. The van der Waals surface area contributed by atoms with Crippen molar-refractivity contribution in [1.82, 2.24) is 4.90 Å². The Balaban J connectivity index is 1.67. The van der Waals surface area contributed by atoms with E-state index in [0.29, 0.717) is 5.76 Å². The third-order valence-corrected chi connectivity index (χ3v) is 6.88. The SMILES string of the molecule is Cc1cc([C@H](c2ccsc2)N2CCC(C)CC2)c(NC(=O)c2ccco2)s1. The number of aryl methyl sites for hydroxylation is 1. The summed E-state index contributed by atoms with van der Waals surface area (Å²) in [6.45, 7) is 6.60. The van der Waals surface area contributed by atoms with Crippen LogP contribution >= 0.6 is 22.7 Å². The lowest BCUT2D eigenvalue weighted by atomic mass is 9.94. The van der Waals surface area contributed by atoms with Gasteiger partial charge in [-0.15, -0.1) is 11.3 Å². The molecule has 1 N–H and O–H groups in total. The Morgan fingerprint density at radius 1 is 1.33 bits per heavy atom. The van der Waals surface area contributed by atoms with Crippen LogP contribution in [0.2, 0.25) is 0 Å². The van der Waals surface area contributed by atoms with Crippen molar-refractivity contribution in [3.05, 3.63) is 63.1 Å². The summed E-state index contributed by atoms with van der Waals surface area (Å²) in [7, 11) is 0. The van der Waals surface area contributed by atoms with Gasteiger partial charge in [-0.25, -0.2) is 0 Å². The number of anilines is 1. The first kappa shape index (κ1) is 18.5. The molecule has 1 amide bonds. The predicted octanol–water partition coefficient (Wildman–Crippen LogP) is 5.78. The maximum atomic E-state index is 12.6. The van der Waals surface area contributed by atoms with Gasteiger partial charge in [-0.05, 0) is 79.4 Å². The average molecular weight is 401 g/mol. The van der Waals surface area contributed by atoms with E-state index in [1.165, 1.54) is 35.1 Å². The van der Waals surface area contributed by atoms with Crippen LogP contribution in [-0.4, -0.2) is 23.9 Å². The third-order valence-electron chi connectivity index (χ3n) is 5.19. The summed E-state index contributed by atoms with van der Waals surface area (Å²) in [5.41, 5.74) is 2.49. The van der Waals surface area contributed by atoms with Crippen molar-refractivity contribution >= 4 is 33.6 Å². The topological polar surface area (TPSA) is 45.5 Å². The Hall–Kier alpha value is -1.89. The van der Waals surface area contributed by atoms with Gasteiger partial charge in [-0.2, -0.15) is 11.3 Å². The van der Waals surface area contributed by atoms with Gasteiger partial charge in [0.25, 0.3) is 5.91 Å². The molecule has 0 unspecified atom stereocenters. The van der Waals surface area contributed by atoms with Gasteiger partial charge in [0.15, 0.2) is 5.76 Å². The second kappa shape index (κ2) is 8.00. The molecule has 4 heterocycles. The molecule has 0 saturated carbocycles. The molecule has 27 heavy (non-hydrogen) atoms. The standard InChI is InChI=1S/C21H24N2O2S2/c1-14-5-8-23(9-6-14)19(16-7-11-26-13-16)17-12-15(2)27-21(17)22-20(24)18-4-3-10-25-18/h3-4,7,10-14,19H,5-6,8-9H2,1-2H3,(H,22,24)/t19-/m0/s1. The Bertz CT molecular complexity index is 876. The normalized spacial score (nSPS) is 17.1. The van der Waals surface area contributed by atoms with Gasteiger partial charge in [-0.1, -0.05) is 6.92 Å². The minimum atomic E-state index is -0.195. The molecule has 0 aromatic carbocycles. The molecular formula is C21H24N2O2S2. The number of nitrogens with zero attached hydrogens (tertiary/aromatic N) is 1. The van der Waals surface area contributed by atoms with Crippen molar-refractivity contribution in [3.8, 4) is 0 Å². The highest BCUT2D eigenvalue weighted by molar-refractivity contribution is 7.16. The zero-order valence-electron chi connectivity index (χ0n) is 15.6. The van der Waals surface area contributed by atoms with Crippen molar-refractivity contribution < 1.29 is 9.21 Å². The fourth-order valence-electron chi connectivity index (χ4n) is 3.71. The molecule has 0 aliphatic carbocycles. The minimum Gasteiger partial charge on any atom is -0.459 e. The molecule has 1 saturated heterocycles. The molecule has 0 bridgehead atoms. The Labute approximate surface area is 167 Å². The van der Waals surface area contributed by atoms with Crippen LogP contribution in [0.15, 0.2) is 45.7 Å². The average Bonchev–Trinajstić information content (AvgIpc) is 3.40. The molecule has 4 rings (SSSR count). The van der Waals surface area contributed by atoms with Crippen LogP contribution in [0.1, 0.15) is 52.4 Å². The van der Waals surface area contributed by atoms with Gasteiger partial charge >= 0.3 is 0 Å². The first-order valence-corrected chi connectivity index (χ1v) is 11.1. The molecule has 142 valence electrons. The summed E-state index contributed by atoms with van der Waals surface area (Å²) in [6, 6.07) is 8.04. The molecule has 1 aliphatic rings. The zero-order chi connectivity index (χ0) is 18.8. The molecule has 0 radical (unpaired) electrons. The molecule has 3 aromatic rings. The number of hydrogen-bond donors (Lipinski definition) is 1. The summed E-state index contributed by atoms with van der Waals surface area (Å²) in [4.78, 5) is 16.3. The van der Waals surface area contributed by atoms with Crippen LogP contribution in [0, 0.1) is 12.8 Å². The second-order valence-corrected chi connectivity index (χ2v) is 9.29. The minimum absolute atomic E-state index is 0.181. The van der Waals surface area contributed by atoms with E-state index in [2.05, 4.69) is 47.0 Å². The van der Waals surface area contributed by atoms with Crippen LogP contribution in [0.4, 0.5) is 5.00 Å². The maximum Gasteiger partial charge on any atom is 0.291 e. The molecule has 1 fully saturated rings. The monoisotopic (exact) mass is 400 g/mol. The van der Waals surface area contributed by atoms with Crippen LogP contribution in [-0.2, 0) is 0 Å². The van der Waals surface area contributed by atoms with E-state index in [1.54, 1.807) is 34.8 Å². The van der Waals surface area contributed by atoms with Crippen molar-refractivity contribution in [2.45, 2.75) is 32.7 Å². The summed E-state index contributed by atoms with van der Waals surface area (Å²) in [5, 5.41) is 8.37. The number of carbonyl (C=O) groups excluding carboxylic acids is 1. The molecule has 4 nitrogen and oxygen atoms in total. The number of furan rings is 1. The Morgan fingerprint density at radius 3 is 2.81 bits per heavy atom. The molecule has 1 aliphatic heterocycles. The summed E-state index contributed by atoms with van der Waals surface area (Å²) in [5.74, 6) is 0.928. The summed E-state index contributed by atoms with van der Waals surface area (Å²) >= 11 is 3.36. The number of rotatable bonds is 5. The van der Waals surface area contributed by atoms with Gasteiger partial charge in [0.05, 0.1) is 12.3 Å². The van der Waals surface area contributed by atoms with Crippen molar-refractivity contribution in [1.29, 1.82) is 0 Å². The number of thiophene rings is 2. The fourth-order valence-corrected chi connectivity index (χ4v) is 5.33. The van der Waals surface area contributed by atoms with Crippen LogP contribution in [0.3, 0.4) is 0 Å². The molecule has 3 aromatic heterocycles. The molecule has 6 heteroatoms. The Morgan fingerprint density at radius 2 is 2.15 bits per heavy atom. The van der Waals surface area contributed by atoms with E-state index in [-0.39, 0.29) is 11.9 Å². The van der Waals surface area contributed by atoms with E-state index in [4.69, 9.17) is 4.42 Å². The van der Waals surface area contributed by atoms with E-state index < -0.39 is 0 Å². The van der Waals surface area contributed by atoms with Gasteiger partial charge < -0.3 is 9.73 Å². The largest absolute Gasteiger partial charge is 0.459 e. The maximum absolute atomic E-state index is 12.6. The number of nitrogens with one attached hydrogen (secondary N) is 1. The van der Waals surface area contributed by atoms with Gasteiger partial charge in [0, 0.05) is 10.4 Å². The van der Waals surface area contributed by atoms with Crippen molar-refractivity contribution in [3.63, 3.8) is 0 Å². The van der Waals surface area contributed by atoms with Gasteiger partial charge in [-0.3, -0.25) is 9.69 Å². The zero-order valence-corrected chi connectivity index (χ0v) is 17.2. The van der Waals surface area contributed by atoms with Crippen LogP contribution < -0.4 is 5.32 Å². The lowest BCUT2D eigenvalue weighted by molar-refractivity contribution is 0.0996. The lowest BCUT2D eigenvalue weighted by Crippen LogP contribution is -2.36. The smallest absolute Gasteiger partial charge is 0.291 e. The second-order valence-electron chi connectivity index (χ2n) is 7.25. The highest BCUT2D eigenvalue weighted by Crippen LogP contribution is 2.41. The van der Waals surface area contributed by atoms with Crippen molar-refractivity contribution in [2.24, 2.45) is 5.92 Å². The van der Waals surface area contributed by atoms with Crippen LogP contribution in [0.25, 0.3) is 0 Å². The van der Waals surface area contributed by atoms with E-state index in [9.17, 15) is 4.79 Å². The molecule has 1 atom stereocenters. The van der Waals surface area contributed by atoms with E-state index >= 15 is 0 Å². The fraction of sp³-hybridized carbons (Fsp3) is 0.381. The van der Waals surface area contributed by atoms with E-state index in [1.807, 2.05) is 0 Å². The number of carbonyl (C=O) groups is 1. The highest BCUT2D eigenvalue weighted by atomic mass is 32.1. The van der Waals surface area contributed by atoms with Gasteiger partial charge in [0.1, 0.15) is 5.00 Å². The first-order valence-electron chi connectivity index (χ1n) is 9.33.